The quantitative estimate of drug-likeness (QED) is 0.198. The molecular weight excluding hydrogens is 446 g/mol. The van der Waals surface area contributed by atoms with Crippen LogP contribution >= 0.6 is 0 Å². The lowest BCUT2D eigenvalue weighted by atomic mass is 9.94. The van der Waals surface area contributed by atoms with Crippen LogP contribution in [0.25, 0.3) is 5.76 Å². The second-order valence-corrected chi connectivity index (χ2v) is 8.55. The molecule has 1 N–H and O–H groups in total. The molecule has 3 rings (SSSR count). The van der Waals surface area contributed by atoms with E-state index in [-0.39, 0.29) is 11.3 Å². The zero-order valence-electron chi connectivity index (χ0n) is 21.0. The fourth-order valence-electron chi connectivity index (χ4n) is 4.11. The lowest BCUT2D eigenvalue weighted by Gasteiger charge is -2.26. The Hall–Kier alpha value is -3.32. The number of aliphatic hydroxyl groups excluding tert-OH is 1. The van der Waals surface area contributed by atoms with Crippen LogP contribution in [0.15, 0.2) is 48.0 Å². The van der Waals surface area contributed by atoms with Gasteiger partial charge in [-0.1, -0.05) is 49.2 Å². The lowest BCUT2D eigenvalue weighted by Crippen LogP contribution is -2.31. The van der Waals surface area contributed by atoms with Gasteiger partial charge in [-0.15, -0.1) is 0 Å². The van der Waals surface area contributed by atoms with Crippen molar-refractivity contribution in [3.8, 4) is 11.5 Å². The van der Waals surface area contributed by atoms with E-state index in [4.69, 9.17) is 14.2 Å². The van der Waals surface area contributed by atoms with Gasteiger partial charge in [0, 0.05) is 25.8 Å². The maximum atomic E-state index is 13.2. The molecule has 1 aliphatic rings. The number of aliphatic hydroxyl groups is 1. The first-order valence-corrected chi connectivity index (χ1v) is 12.2. The van der Waals surface area contributed by atoms with Gasteiger partial charge in [0.1, 0.15) is 5.76 Å². The molecule has 1 saturated heterocycles. The monoisotopic (exact) mass is 481 g/mol. The molecular formula is C28H35NO6. The Morgan fingerprint density at radius 3 is 2.37 bits per heavy atom. The second-order valence-electron chi connectivity index (χ2n) is 8.55. The van der Waals surface area contributed by atoms with Crippen molar-refractivity contribution in [3.63, 3.8) is 0 Å². The molecule has 1 unspecified atom stereocenters. The fourth-order valence-corrected chi connectivity index (χ4v) is 4.11. The number of nitrogens with zero attached hydrogens (tertiary/aromatic N) is 1. The van der Waals surface area contributed by atoms with Crippen molar-refractivity contribution in [1.29, 1.82) is 0 Å². The van der Waals surface area contributed by atoms with Crippen molar-refractivity contribution >= 4 is 17.4 Å². The molecule has 0 spiro atoms. The molecule has 0 saturated carbocycles. The highest BCUT2D eigenvalue weighted by Crippen LogP contribution is 2.42. The molecule has 0 aromatic heterocycles. The van der Waals surface area contributed by atoms with Crippen LogP contribution in [0, 0.1) is 6.92 Å². The standard InChI is InChI=1S/C28H35NO6/c1-5-7-17-35-22-14-13-21(18-23(22)34-6-2)25-24(26(30)20-11-9-19(3)10-12-20)27(31)28(32)29(25)15-8-16-33-4/h9-14,18,25,30H,5-8,15-17H2,1-4H3/b26-24+. The summed E-state index contributed by atoms with van der Waals surface area (Å²) in [6.07, 6.45) is 2.49. The van der Waals surface area contributed by atoms with Crippen LogP contribution in [0.2, 0.25) is 0 Å². The molecule has 0 aliphatic carbocycles. The summed E-state index contributed by atoms with van der Waals surface area (Å²) in [6, 6.07) is 11.9. The average molecular weight is 482 g/mol. The van der Waals surface area contributed by atoms with Crippen LogP contribution < -0.4 is 9.47 Å². The van der Waals surface area contributed by atoms with E-state index in [9.17, 15) is 14.7 Å². The largest absolute Gasteiger partial charge is 0.507 e. The van der Waals surface area contributed by atoms with E-state index in [0.717, 1.165) is 18.4 Å². The van der Waals surface area contributed by atoms with Crippen LogP contribution in [0.1, 0.15) is 55.8 Å². The molecule has 1 aliphatic heterocycles. The minimum absolute atomic E-state index is 0.0679. The number of Topliss-reactive ketones (excluding diaryl/α,β-unsaturated/α-hetero) is 1. The minimum Gasteiger partial charge on any atom is -0.507 e. The van der Waals surface area contributed by atoms with Gasteiger partial charge in [0.25, 0.3) is 11.7 Å². The predicted octanol–water partition coefficient (Wildman–Crippen LogP) is 5.03. The van der Waals surface area contributed by atoms with Gasteiger partial charge in [-0.05, 0) is 44.4 Å². The van der Waals surface area contributed by atoms with Crippen LogP contribution in [0.5, 0.6) is 11.5 Å². The number of likely N-dealkylation sites (tertiary alicyclic amines) is 1. The first-order chi connectivity index (χ1) is 16.9. The maximum Gasteiger partial charge on any atom is 0.295 e. The molecule has 0 radical (unpaired) electrons. The Bertz CT molecular complexity index is 1060. The normalized spacial score (nSPS) is 17.1. The van der Waals surface area contributed by atoms with E-state index in [1.807, 2.05) is 32.0 Å². The van der Waals surface area contributed by atoms with Crippen molar-refractivity contribution in [2.75, 3.05) is 33.5 Å². The molecule has 2 aromatic rings. The highest BCUT2D eigenvalue weighted by Gasteiger charge is 2.46. The number of ketones is 1. The topological polar surface area (TPSA) is 85.3 Å². The van der Waals surface area contributed by atoms with Crippen LogP contribution in [0.3, 0.4) is 0 Å². The smallest absolute Gasteiger partial charge is 0.295 e. The summed E-state index contributed by atoms with van der Waals surface area (Å²) in [5, 5.41) is 11.2. The molecule has 1 heterocycles. The third kappa shape index (κ3) is 6.03. The zero-order chi connectivity index (χ0) is 25.4. The number of benzene rings is 2. The van der Waals surface area contributed by atoms with Crippen LogP contribution in [-0.2, 0) is 14.3 Å². The summed E-state index contributed by atoms with van der Waals surface area (Å²) < 4.78 is 16.9. The highest BCUT2D eigenvalue weighted by atomic mass is 16.5. The summed E-state index contributed by atoms with van der Waals surface area (Å²) in [5.74, 6) is -0.380. The Labute approximate surface area is 207 Å². The van der Waals surface area contributed by atoms with Crippen LogP contribution in [0.4, 0.5) is 0 Å². The van der Waals surface area contributed by atoms with Gasteiger partial charge in [-0.25, -0.2) is 0 Å². The molecule has 1 atom stereocenters. The van der Waals surface area contributed by atoms with Gasteiger partial charge >= 0.3 is 0 Å². The summed E-state index contributed by atoms with van der Waals surface area (Å²) in [7, 11) is 1.59. The third-order valence-electron chi connectivity index (χ3n) is 5.95. The first kappa shape index (κ1) is 26.3. The van der Waals surface area contributed by atoms with Gasteiger partial charge in [0.2, 0.25) is 0 Å². The molecule has 0 bridgehead atoms. The number of carbonyl (C=O) groups excluding carboxylic acids is 2. The zero-order valence-corrected chi connectivity index (χ0v) is 21.0. The number of aryl methyl sites for hydroxylation is 1. The molecule has 188 valence electrons. The van der Waals surface area contributed by atoms with Gasteiger partial charge in [-0.3, -0.25) is 9.59 Å². The second kappa shape index (κ2) is 12.4. The van der Waals surface area contributed by atoms with E-state index < -0.39 is 17.7 Å². The van der Waals surface area contributed by atoms with Gasteiger partial charge in [0.05, 0.1) is 24.8 Å². The first-order valence-electron chi connectivity index (χ1n) is 12.2. The van der Waals surface area contributed by atoms with Crippen molar-refractivity contribution in [3.05, 3.63) is 64.7 Å². The van der Waals surface area contributed by atoms with Crippen LogP contribution in [-0.4, -0.2) is 55.2 Å². The molecule has 2 aromatic carbocycles. The lowest BCUT2D eigenvalue weighted by molar-refractivity contribution is -0.140. The number of amides is 1. The molecule has 1 fully saturated rings. The van der Waals surface area contributed by atoms with Gasteiger partial charge < -0.3 is 24.2 Å². The summed E-state index contributed by atoms with van der Waals surface area (Å²) >= 11 is 0. The number of rotatable bonds is 12. The SMILES string of the molecule is CCCCOc1ccc(C2/C(=C(\O)c3ccc(C)cc3)C(=O)C(=O)N2CCCOC)cc1OCC. The van der Waals surface area contributed by atoms with E-state index in [0.29, 0.717) is 55.4 Å². The molecule has 1 amide bonds. The number of ether oxygens (including phenoxy) is 3. The van der Waals surface area contributed by atoms with E-state index >= 15 is 0 Å². The number of hydrogen-bond acceptors (Lipinski definition) is 6. The van der Waals surface area contributed by atoms with E-state index in [1.54, 1.807) is 31.4 Å². The summed E-state index contributed by atoms with van der Waals surface area (Å²) in [5.41, 5.74) is 2.25. The Kier molecular flexibility index (Phi) is 9.32. The minimum atomic E-state index is -0.753. The highest BCUT2D eigenvalue weighted by molar-refractivity contribution is 6.46. The summed E-state index contributed by atoms with van der Waals surface area (Å²) in [6.45, 7) is 7.68. The summed E-state index contributed by atoms with van der Waals surface area (Å²) in [4.78, 5) is 27.7. The number of unbranched alkanes of at least 4 members (excludes halogenated alkanes) is 1. The molecule has 35 heavy (non-hydrogen) atoms. The molecule has 7 nitrogen and oxygen atoms in total. The van der Waals surface area contributed by atoms with Gasteiger partial charge in [-0.2, -0.15) is 0 Å². The van der Waals surface area contributed by atoms with Gasteiger partial charge in [0.15, 0.2) is 11.5 Å². The Morgan fingerprint density at radius 1 is 0.971 bits per heavy atom. The number of carbonyl (C=O) groups is 2. The Balaban J connectivity index is 2.10. The van der Waals surface area contributed by atoms with Crippen molar-refractivity contribution < 1.29 is 28.9 Å². The van der Waals surface area contributed by atoms with E-state index in [2.05, 4.69) is 6.92 Å². The third-order valence-corrected chi connectivity index (χ3v) is 5.95. The molecule has 7 heteroatoms. The average Bonchev–Trinajstić information content (AvgIpc) is 3.10. The maximum absolute atomic E-state index is 13.2. The van der Waals surface area contributed by atoms with Crippen molar-refractivity contribution in [1.82, 2.24) is 4.90 Å². The van der Waals surface area contributed by atoms with Crippen molar-refractivity contribution in [2.24, 2.45) is 0 Å². The van der Waals surface area contributed by atoms with Crippen molar-refractivity contribution in [2.45, 2.75) is 46.1 Å². The fraction of sp³-hybridized carbons (Fsp3) is 0.429. The predicted molar refractivity (Wildman–Crippen MR) is 135 cm³/mol. The number of hydrogen-bond donors (Lipinski definition) is 1. The number of methoxy groups -OCH3 is 1. The van der Waals surface area contributed by atoms with E-state index in [1.165, 1.54) is 4.90 Å². The Morgan fingerprint density at radius 2 is 1.71 bits per heavy atom.